The summed E-state index contributed by atoms with van der Waals surface area (Å²) in [7, 11) is 4.59. The summed E-state index contributed by atoms with van der Waals surface area (Å²) < 4.78 is 0. The maximum atomic E-state index is 4.72. The zero-order valence-electron chi connectivity index (χ0n) is 13.6. The molecule has 0 bridgehead atoms. The van der Waals surface area contributed by atoms with Crippen LogP contribution >= 0.6 is 12.6 Å². The average molecular weight is 299 g/mol. The lowest BCUT2D eigenvalue weighted by atomic mass is 9.81. The first kappa shape index (κ1) is 16.6. The van der Waals surface area contributed by atoms with E-state index in [1.54, 1.807) is 0 Å². The Labute approximate surface area is 131 Å². The van der Waals surface area contributed by atoms with Gasteiger partial charge in [-0.05, 0) is 70.0 Å². The number of hydrogen-bond donors (Lipinski definition) is 1. The fraction of sp³-hybridized carbons (Fsp3) is 1.00. The van der Waals surface area contributed by atoms with Gasteiger partial charge < -0.3 is 9.80 Å². The van der Waals surface area contributed by atoms with E-state index in [2.05, 4.69) is 23.9 Å². The maximum absolute atomic E-state index is 4.72. The summed E-state index contributed by atoms with van der Waals surface area (Å²) in [5, 5.41) is 0. The van der Waals surface area contributed by atoms with Crippen molar-refractivity contribution in [2.24, 2.45) is 11.3 Å². The van der Waals surface area contributed by atoms with Crippen LogP contribution in [-0.2, 0) is 0 Å². The van der Waals surface area contributed by atoms with Crippen molar-refractivity contribution >= 4 is 12.6 Å². The third-order valence-corrected chi connectivity index (χ3v) is 6.18. The van der Waals surface area contributed by atoms with E-state index in [0.717, 1.165) is 11.7 Å². The Hall–Kier alpha value is 0.270. The largest absolute Gasteiger partial charge is 0.306 e. The van der Waals surface area contributed by atoms with Crippen molar-refractivity contribution in [2.45, 2.75) is 51.4 Å². The molecule has 0 spiro atoms. The lowest BCUT2D eigenvalue weighted by Crippen LogP contribution is -2.41. The van der Waals surface area contributed by atoms with Crippen molar-refractivity contribution in [2.75, 3.05) is 46.0 Å². The van der Waals surface area contributed by atoms with E-state index in [1.807, 2.05) is 0 Å². The second-order valence-electron chi connectivity index (χ2n) is 7.52. The van der Waals surface area contributed by atoms with Gasteiger partial charge in [-0.15, -0.1) is 0 Å². The first-order chi connectivity index (χ1) is 9.63. The molecule has 1 aliphatic carbocycles. The van der Waals surface area contributed by atoms with E-state index in [4.69, 9.17) is 12.6 Å². The van der Waals surface area contributed by atoms with E-state index in [-0.39, 0.29) is 0 Å². The molecule has 3 heteroatoms. The molecule has 2 aliphatic rings. The lowest BCUT2D eigenvalue weighted by Gasteiger charge is -2.38. The van der Waals surface area contributed by atoms with E-state index in [1.165, 1.54) is 77.5 Å². The third kappa shape index (κ3) is 4.92. The van der Waals surface area contributed by atoms with Gasteiger partial charge in [0.05, 0.1) is 0 Å². The molecule has 0 radical (unpaired) electrons. The summed E-state index contributed by atoms with van der Waals surface area (Å²) in [6.07, 6.45) is 11.3. The van der Waals surface area contributed by atoms with Gasteiger partial charge in [0.15, 0.2) is 0 Å². The van der Waals surface area contributed by atoms with Crippen LogP contribution in [0, 0.1) is 11.3 Å². The second-order valence-corrected chi connectivity index (χ2v) is 7.83. The molecule has 1 aliphatic heterocycles. The maximum Gasteiger partial charge on any atom is 0.00429 e. The Bertz CT molecular complexity index is 266. The van der Waals surface area contributed by atoms with Crippen molar-refractivity contribution < 1.29 is 0 Å². The molecule has 2 nitrogen and oxygen atoms in total. The first-order valence-corrected chi connectivity index (χ1v) is 9.25. The van der Waals surface area contributed by atoms with E-state index in [0.29, 0.717) is 5.41 Å². The Morgan fingerprint density at radius 1 is 1.10 bits per heavy atom. The average Bonchev–Trinajstić information content (AvgIpc) is 2.67. The van der Waals surface area contributed by atoms with Crippen molar-refractivity contribution in [1.82, 2.24) is 9.80 Å². The quantitative estimate of drug-likeness (QED) is 0.613. The number of nitrogens with zero attached hydrogens (tertiary/aromatic N) is 2. The molecular weight excluding hydrogens is 264 g/mol. The monoisotopic (exact) mass is 298 g/mol. The van der Waals surface area contributed by atoms with Crippen LogP contribution in [0.25, 0.3) is 0 Å². The summed E-state index contributed by atoms with van der Waals surface area (Å²) in [5.41, 5.74) is 0.500. The van der Waals surface area contributed by atoms with Gasteiger partial charge in [-0.25, -0.2) is 0 Å². The summed E-state index contributed by atoms with van der Waals surface area (Å²) in [6.45, 7) is 5.14. The zero-order valence-corrected chi connectivity index (χ0v) is 14.5. The minimum atomic E-state index is 0.500. The molecule has 2 rings (SSSR count). The number of piperidine rings is 1. The Kier molecular flexibility index (Phi) is 6.70. The number of thiol groups is 1. The molecular formula is C17H34N2S. The Morgan fingerprint density at radius 3 is 2.25 bits per heavy atom. The molecule has 0 N–H and O–H groups in total. The molecule has 118 valence electrons. The van der Waals surface area contributed by atoms with Crippen molar-refractivity contribution in [1.29, 1.82) is 0 Å². The van der Waals surface area contributed by atoms with E-state index < -0.39 is 0 Å². The number of hydrogen-bond acceptors (Lipinski definition) is 3. The lowest BCUT2D eigenvalue weighted by molar-refractivity contribution is 0.130. The summed E-state index contributed by atoms with van der Waals surface area (Å²) in [5.74, 6) is 1.99. The van der Waals surface area contributed by atoms with Crippen molar-refractivity contribution in [3.05, 3.63) is 0 Å². The second kappa shape index (κ2) is 8.05. The topological polar surface area (TPSA) is 6.48 Å². The highest BCUT2D eigenvalue weighted by Gasteiger charge is 2.31. The van der Waals surface area contributed by atoms with Gasteiger partial charge in [-0.3, -0.25) is 0 Å². The van der Waals surface area contributed by atoms with E-state index in [9.17, 15) is 0 Å². The van der Waals surface area contributed by atoms with Crippen LogP contribution < -0.4 is 0 Å². The smallest absolute Gasteiger partial charge is 0.00429 e. The van der Waals surface area contributed by atoms with Crippen LogP contribution in [-0.4, -0.2) is 55.8 Å². The summed E-state index contributed by atoms with van der Waals surface area (Å²) >= 11 is 4.72. The van der Waals surface area contributed by atoms with Crippen LogP contribution in [0.4, 0.5) is 0 Å². The molecule has 1 heterocycles. The molecule has 0 atom stereocenters. The number of likely N-dealkylation sites (tertiary alicyclic amines) is 1. The third-order valence-electron chi connectivity index (χ3n) is 5.51. The van der Waals surface area contributed by atoms with Gasteiger partial charge >= 0.3 is 0 Å². The van der Waals surface area contributed by atoms with Crippen LogP contribution in [0.3, 0.4) is 0 Å². The highest BCUT2D eigenvalue weighted by Crippen LogP contribution is 2.37. The Morgan fingerprint density at radius 2 is 1.70 bits per heavy atom. The minimum Gasteiger partial charge on any atom is -0.306 e. The standard InChI is InChI=1S/C17H34N2S/c1-18-11-7-16(8-12-18)13-19(2)14-17(15-20)9-5-3-4-6-10-17/h16,20H,3-15H2,1-2H3. The van der Waals surface area contributed by atoms with Gasteiger partial charge in [-0.1, -0.05) is 25.7 Å². The first-order valence-electron chi connectivity index (χ1n) is 8.61. The normalized spacial score (nSPS) is 25.8. The van der Waals surface area contributed by atoms with Gasteiger partial charge in [-0.2, -0.15) is 12.6 Å². The van der Waals surface area contributed by atoms with Crippen LogP contribution in [0.15, 0.2) is 0 Å². The summed E-state index contributed by atoms with van der Waals surface area (Å²) in [4.78, 5) is 5.09. The number of rotatable bonds is 5. The summed E-state index contributed by atoms with van der Waals surface area (Å²) in [6, 6.07) is 0. The molecule has 1 saturated carbocycles. The SMILES string of the molecule is CN1CCC(CN(C)CC2(CS)CCCCCC2)CC1. The van der Waals surface area contributed by atoms with Crippen molar-refractivity contribution in [3.63, 3.8) is 0 Å². The fourth-order valence-electron chi connectivity index (χ4n) is 4.17. The van der Waals surface area contributed by atoms with Crippen molar-refractivity contribution in [3.8, 4) is 0 Å². The van der Waals surface area contributed by atoms with Crippen LogP contribution in [0.5, 0.6) is 0 Å². The highest BCUT2D eigenvalue weighted by atomic mass is 32.1. The molecule has 0 aromatic heterocycles. The molecule has 20 heavy (non-hydrogen) atoms. The molecule has 2 fully saturated rings. The fourth-order valence-corrected chi connectivity index (χ4v) is 4.58. The predicted molar refractivity (Wildman–Crippen MR) is 91.7 cm³/mol. The van der Waals surface area contributed by atoms with Gasteiger partial charge in [0.2, 0.25) is 0 Å². The minimum absolute atomic E-state index is 0.500. The molecule has 0 amide bonds. The van der Waals surface area contributed by atoms with Crippen LogP contribution in [0.2, 0.25) is 0 Å². The van der Waals surface area contributed by atoms with Gasteiger partial charge in [0, 0.05) is 13.1 Å². The zero-order chi connectivity index (χ0) is 14.4. The predicted octanol–water partition coefficient (Wildman–Crippen LogP) is 3.53. The highest BCUT2D eigenvalue weighted by molar-refractivity contribution is 7.80. The van der Waals surface area contributed by atoms with Crippen LogP contribution in [0.1, 0.15) is 51.4 Å². The Balaban J connectivity index is 1.80. The van der Waals surface area contributed by atoms with Gasteiger partial charge in [0.1, 0.15) is 0 Å². The molecule has 0 aromatic carbocycles. The van der Waals surface area contributed by atoms with E-state index >= 15 is 0 Å². The van der Waals surface area contributed by atoms with Gasteiger partial charge in [0.25, 0.3) is 0 Å². The molecule has 0 aromatic rings. The molecule has 0 unspecified atom stereocenters. The molecule has 1 saturated heterocycles.